The largest absolute Gasteiger partial charge is 0.454 e. The second kappa shape index (κ2) is 5.61. The number of carbonyl (C=O) groups is 2. The lowest BCUT2D eigenvalue weighted by Crippen LogP contribution is -2.60. The Morgan fingerprint density at radius 2 is 2.04 bits per heavy atom. The Labute approximate surface area is 159 Å². The van der Waals surface area contributed by atoms with Crippen LogP contribution >= 0.6 is 15.9 Å². The van der Waals surface area contributed by atoms with Gasteiger partial charge in [-0.1, -0.05) is 15.9 Å². The first-order valence-electron chi connectivity index (χ1n) is 8.38. The molecular formula is C18H18BrN3O4. The van der Waals surface area contributed by atoms with E-state index in [9.17, 15) is 14.9 Å². The summed E-state index contributed by atoms with van der Waals surface area (Å²) in [6, 6.07) is 4.13. The van der Waals surface area contributed by atoms with E-state index in [0.717, 1.165) is 4.47 Å². The number of ether oxygens (including phenoxy) is 2. The molecule has 0 bridgehead atoms. The molecule has 26 heavy (non-hydrogen) atoms. The van der Waals surface area contributed by atoms with E-state index in [0.29, 0.717) is 17.1 Å². The maximum absolute atomic E-state index is 13.1. The predicted octanol–water partition coefficient (Wildman–Crippen LogP) is 2.21. The molecule has 0 radical (unpaired) electrons. The lowest BCUT2D eigenvalue weighted by molar-refractivity contribution is -0.159. The number of hydrogen-bond acceptors (Lipinski definition) is 5. The van der Waals surface area contributed by atoms with Crippen LogP contribution in [0.1, 0.15) is 31.9 Å². The molecule has 1 aromatic carbocycles. The van der Waals surface area contributed by atoms with Crippen molar-refractivity contribution in [2.24, 2.45) is 5.41 Å². The Morgan fingerprint density at radius 3 is 2.73 bits per heavy atom. The molecule has 136 valence electrons. The summed E-state index contributed by atoms with van der Waals surface area (Å²) in [5, 5.41) is 9.95. The van der Waals surface area contributed by atoms with Crippen LogP contribution in [0.3, 0.4) is 0 Å². The predicted molar refractivity (Wildman–Crippen MR) is 94.2 cm³/mol. The van der Waals surface area contributed by atoms with Crippen LogP contribution in [0.4, 0.5) is 0 Å². The Hall–Kier alpha value is -2.27. The molecule has 1 aromatic rings. The topological polar surface area (TPSA) is 82.9 Å². The van der Waals surface area contributed by atoms with Gasteiger partial charge in [0.1, 0.15) is 12.1 Å². The van der Waals surface area contributed by atoms with Crippen LogP contribution in [-0.4, -0.2) is 47.5 Å². The normalized spacial score (nSPS) is 32.7. The summed E-state index contributed by atoms with van der Waals surface area (Å²) in [4.78, 5) is 29.0. The lowest BCUT2D eigenvalue weighted by Gasteiger charge is -2.42. The molecule has 3 heterocycles. The van der Waals surface area contributed by atoms with Crippen LogP contribution in [0.15, 0.2) is 16.6 Å². The molecule has 0 saturated carbocycles. The van der Waals surface area contributed by atoms with Crippen molar-refractivity contribution in [1.82, 2.24) is 9.80 Å². The van der Waals surface area contributed by atoms with Gasteiger partial charge >= 0.3 is 0 Å². The highest BCUT2D eigenvalue weighted by Gasteiger charge is 2.60. The van der Waals surface area contributed by atoms with Crippen LogP contribution < -0.4 is 9.47 Å². The number of nitrogens with zero attached hydrogens (tertiary/aromatic N) is 3. The fourth-order valence-corrected chi connectivity index (χ4v) is 4.71. The van der Waals surface area contributed by atoms with Gasteiger partial charge in [-0.2, -0.15) is 5.26 Å². The van der Waals surface area contributed by atoms with E-state index in [2.05, 4.69) is 22.0 Å². The van der Waals surface area contributed by atoms with Gasteiger partial charge in [-0.05, 0) is 32.4 Å². The minimum Gasteiger partial charge on any atom is -0.454 e. The number of carbonyl (C=O) groups excluding carboxylic acids is 2. The van der Waals surface area contributed by atoms with Crippen molar-refractivity contribution in [2.45, 2.75) is 38.4 Å². The summed E-state index contributed by atoms with van der Waals surface area (Å²) in [7, 11) is 1.63. The van der Waals surface area contributed by atoms with Crippen molar-refractivity contribution in [1.29, 1.82) is 5.26 Å². The molecule has 3 unspecified atom stereocenters. The SMILES string of the molecule is CC1C(=O)N2C(C[C@](C)(C#N)C2c2c(Br)ccc3c2OCO3)C(=O)N1C. The summed E-state index contributed by atoms with van der Waals surface area (Å²) < 4.78 is 11.9. The van der Waals surface area contributed by atoms with E-state index in [1.54, 1.807) is 31.9 Å². The molecule has 4 atom stereocenters. The summed E-state index contributed by atoms with van der Waals surface area (Å²) in [5.41, 5.74) is -0.241. The monoisotopic (exact) mass is 419 g/mol. The van der Waals surface area contributed by atoms with Crippen LogP contribution in [0.2, 0.25) is 0 Å². The molecule has 0 spiro atoms. The highest BCUT2D eigenvalue weighted by Crippen LogP contribution is 2.57. The Kier molecular flexibility index (Phi) is 3.70. The van der Waals surface area contributed by atoms with Gasteiger partial charge < -0.3 is 19.3 Å². The zero-order valence-corrected chi connectivity index (χ0v) is 16.2. The van der Waals surface area contributed by atoms with E-state index in [1.165, 1.54) is 4.90 Å². The summed E-state index contributed by atoms with van der Waals surface area (Å²) in [6.07, 6.45) is 0.284. The first kappa shape index (κ1) is 17.2. The van der Waals surface area contributed by atoms with Crippen molar-refractivity contribution in [3.05, 3.63) is 22.2 Å². The smallest absolute Gasteiger partial charge is 0.246 e. The molecule has 0 N–H and O–H groups in total. The zero-order chi connectivity index (χ0) is 18.8. The third-order valence-electron chi connectivity index (χ3n) is 5.71. The number of nitriles is 1. The molecule has 8 heteroatoms. The van der Waals surface area contributed by atoms with Gasteiger partial charge in [0.15, 0.2) is 11.5 Å². The minimum absolute atomic E-state index is 0.0875. The summed E-state index contributed by atoms with van der Waals surface area (Å²) >= 11 is 3.54. The molecule has 2 saturated heterocycles. The number of hydrogen-bond donors (Lipinski definition) is 0. The Morgan fingerprint density at radius 1 is 1.31 bits per heavy atom. The first-order chi connectivity index (χ1) is 12.3. The quantitative estimate of drug-likeness (QED) is 0.696. The third-order valence-corrected chi connectivity index (χ3v) is 6.41. The van der Waals surface area contributed by atoms with Crippen LogP contribution in [0.5, 0.6) is 11.5 Å². The summed E-state index contributed by atoms with van der Waals surface area (Å²) in [6.45, 7) is 3.59. The van der Waals surface area contributed by atoms with E-state index in [4.69, 9.17) is 9.47 Å². The molecule has 0 aromatic heterocycles. The van der Waals surface area contributed by atoms with Gasteiger partial charge in [-0.15, -0.1) is 0 Å². The maximum Gasteiger partial charge on any atom is 0.246 e. The third kappa shape index (κ3) is 2.10. The average molecular weight is 420 g/mol. The molecule has 0 aliphatic carbocycles. The van der Waals surface area contributed by atoms with E-state index >= 15 is 0 Å². The van der Waals surface area contributed by atoms with Crippen molar-refractivity contribution < 1.29 is 19.1 Å². The molecular weight excluding hydrogens is 402 g/mol. The second-order valence-corrected chi connectivity index (χ2v) is 8.07. The van der Waals surface area contributed by atoms with Gasteiger partial charge in [0.2, 0.25) is 18.6 Å². The Bertz CT molecular complexity index is 867. The number of fused-ring (bicyclic) bond motifs is 2. The molecule has 4 rings (SSSR count). The van der Waals surface area contributed by atoms with Gasteiger partial charge in [-0.3, -0.25) is 9.59 Å². The number of amides is 2. The lowest BCUT2D eigenvalue weighted by atomic mass is 9.79. The van der Waals surface area contributed by atoms with Crippen molar-refractivity contribution >= 4 is 27.7 Å². The molecule has 3 aliphatic rings. The van der Waals surface area contributed by atoms with E-state index < -0.39 is 23.5 Å². The fraction of sp³-hybridized carbons (Fsp3) is 0.500. The van der Waals surface area contributed by atoms with E-state index in [1.807, 2.05) is 6.07 Å². The average Bonchev–Trinajstić information content (AvgIpc) is 3.21. The highest BCUT2D eigenvalue weighted by atomic mass is 79.9. The number of likely N-dealkylation sites (N-methyl/N-ethyl adjacent to an activating group) is 1. The van der Waals surface area contributed by atoms with Crippen LogP contribution in [0.25, 0.3) is 0 Å². The number of halogens is 1. The van der Waals surface area contributed by atoms with Crippen molar-refractivity contribution in [2.75, 3.05) is 13.8 Å². The Balaban J connectivity index is 1.93. The fourth-order valence-electron chi connectivity index (χ4n) is 4.18. The van der Waals surface area contributed by atoms with Gasteiger partial charge in [0.05, 0.1) is 17.5 Å². The highest BCUT2D eigenvalue weighted by molar-refractivity contribution is 9.10. The molecule has 3 aliphatic heterocycles. The summed E-state index contributed by atoms with van der Waals surface area (Å²) in [5.74, 6) is 0.803. The van der Waals surface area contributed by atoms with Crippen molar-refractivity contribution in [3.63, 3.8) is 0 Å². The zero-order valence-electron chi connectivity index (χ0n) is 14.7. The van der Waals surface area contributed by atoms with E-state index in [-0.39, 0.29) is 25.0 Å². The maximum atomic E-state index is 13.1. The van der Waals surface area contributed by atoms with Gasteiger partial charge in [0.25, 0.3) is 0 Å². The molecule has 7 nitrogen and oxygen atoms in total. The van der Waals surface area contributed by atoms with Crippen LogP contribution in [0, 0.1) is 16.7 Å². The second-order valence-electron chi connectivity index (χ2n) is 7.22. The minimum atomic E-state index is -0.926. The molecule has 2 fully saturated rings. The number of benzene rings is 1. The number of piperazine rings is 1. The number of rotatable bonds is 1. The molecule has 2 amide bonds. The standard InChI is InChI=1S/C18H18BrN3O4/c1-9-16(23)22-11(17(24)21(9)3)6-18(2,7-20)15(22)13-10(19)4-5-12-14(13)26-8-25-12/h4-5,9,11,15H,6,8H2,1-3H3/t9?,11?,15?,18-/m1/s1. The first-order valence-corrected chi connectivity index (χ1v) is 9.17. The van der Waals surface area contributed by atoms with Crippen LogP contribution in [-0.2, 0) is 9.59 Å². The van der Waals surface area contributed by atoms with Crippen molar-refractivity contribution in [3.8, 4) is 17.6 Å². The van der Waals surface area contributed by atoms with Gasteiger partial charge in [0, 0.05) is 17.1 Å². The van der Waals surface area contributed by atoms with Gasteiger partial charge in [-0.25, -0.2) is 0 Å².